The van der Waals surface area contributed by atoms with E-state index < -0.39 is 0 Å². The van der Waals surface area contributed by atoms with Crippen LogP contribution in [0.4, 0.5) is 0 Å². The molecule has 2 aromatic carbocycles. The fourth-order valence-electron chi connectivity index (χ4n) is 1.25. The van der Waals surface area contributed by atoms with Gasteiger partial charge in [-0.05, 0) is 0 Å². The molecule has 2 rings (SSSR count). The first kappa shape index (κ1) is 69.7. The predicted molar refractivity (Wildman–Crippen MR) is 86.4 cm³/mol. The number of ether oxygens (including phenoxy) is 2. The van der Waals surface area contributed by atoms with Crippen LogP contribution < -0.4 is 122 Å². The Morgan fingerprint density at radius 2 is 0.690 bits per heavy atom. The van der Waals surface area contributed by atoms with Gasteiger partial charge in [0.15, 0.2) is 0 Å². The average molecular weight is 583 g/mol. The molecule has 0 saturated carbocycles. The largest absolute Gasteiger partial charge is 2.00 e. The summed E-state index contributed by atoms with van der Waals surface area (Å²) in [6.07, 6.45) is 0. The molecule has 0 N–H and O–H groups in total. The summed E-state index contributed by atoms with van der Waals surface area (Å²) in [4.78, 5) is 0. The standard InChI is InChI=1S/2C8H9O.6ClH.2Li.2Mg.Zn/c2*1-7-3-5-8(9-2)6-4-7;;;;;;;;;;;/h2*3-6H,1H2,2H3;6*1H;;;;;/q2*-1;;;;;;;2*+1;3*+2/p-6. The van der Waals surface area contributed by atoms with Crippen molar-refractivity contribution in [3.8, 4) is 11.5 Å². The summed E-state index contributed by atoms with van der Waals surface area (Å²) in [5.41, 5.74) is 2.02. The Morgan fingerprint density at radius 1 is 0.517 bits per heavy atom. The number of halogens is 6. The Hall–Kier alpha value is 2.87. The van der Waals surface area contributed by atoms with Crippen LogP contribution in [-0.4, -0.2) is 60.3 Å². The smallest absolute Gasteiger partial charge is 1.00 e. The molecule has 0 fully saturated rings. The molecule has 0 bridgehead atoms. The van der Waals surface area contributed by atoms with Crippen LogP contribution >= 0.6 is 0 Å². The van der Waals surface area contributed by atoms with E-state index in [1.807, 2.05) is 48.5 Å². The van der Waals surface area contributed by atoms with Crippen LogP contribution in [0.5, 0.6) is 11.5 Å². The molecule has 0 amide bonds. The number of rotatable bonds is 2. The normalized spacial score (nSPS) is 5.59. The SMILES string of the molecule is [CH2-]c1ccc(OC)cc1.[CH2-]c1ccc(OC)cc1.[Cl-].[Cl-].[Cl-].[Cl-].[Cl-].[Cl-].[Li+].[Li+].[Mg+2].[Mg+2].[Zn+2]. The Bertz CT molecular complexity index is 444. The fraction of sp³-hybridized carbons (Fsp3) is 0.125. The predicted octanol–water partition coefficient (Wildman–Crippen LogP) is -21.0. The van der Waals surface area contributed by atoms with Crippen molar-refractivity contribution in [1.29, 1.82) is 0 Å². The molecular formula is C16H18Cl6Li2Mg2O2Zn. The quantitative estimate of drug-likeness (QED) is 0.259. The molecule has 2 nitrogen and oxygen atoms in total. The zero-order chi connectivity index (χ0) is 13.4. The van der Waals surface area contributed by atoms with Crippen LogP contribution in [0, 0.1) is 13.8 Å². The average Bonchev–Trinajstić information content (AvgIpc) is 2.41. The maximum absolute atomic E-state index is 4.94. The van der Waals surface area contributed by atoms with Crippen LogP contribution in [-0.2, 0) is 19.5 Å². The molecule has 29 heavy (non-hydrogen) atoms. The maximum atomic E-state index is 4.94. The third kappa shape index (κ3) is 35.6. The van der Waals surface area contributed by atoms with Crippen LogP contribution in [0.15, 0.2) is 48.5 Å². The van der Waals surface area contributed by atoms with Gasteiger partial charge in [0.25, 0.3) is 0 Å². The van der Waals surface area contributed by atoms with E-state index in [4.69, 9.17) is 9.47 Å². The topological polar surface area (TPSA) is 18.5 Å². The summed E-state index contributed by atoms with van der Waals surface area (Å²) in [5.74, 6) is 1.75. The van der Waals surface area contributed by atoms with E-state index in [9.17, 15) is 0 Å². The summed E-state index contributed by atoms with van der Waals surface area (Å²) >= 11 is 0. The van der Waals surface area contributed by atoms with Crippen LogP contribution in [0.3, 0.4) is 0 Å². The summed E-state index contributed by atoms with van der Waals surface area (Å²) < 4.78 is 9.88. The van der Waals surface area contributed by atoms with Gasteiger partial charge in [0.05, 0.1) is 25.7 Å². The second kappa shape index (κ2) is 44.5. The van der Waals surface area contributed by atoms with Crippen molar-refractivity contribution < 1.29 is 141 Å². The Morgan fingerprint density at radius 3 is 0.828 bits per heavy atom. The summed E-state index contributed by atoms with van der Waals surface area (Å²) in [6.45, 7) is 7.48. The first-order chi connectivity index (χ1) is 8.65. The zero-order valence-electron chi connectivity index (χ0n) is 17.2. The van der Waals surface area contributed by atoms with Crippen LogP contribution in [0.2, 0.25) is 0 Å². The van der Waals surface area contributed by atoms with Gasteiger partial charge in [-0.3, -0.25) is 0 Å². The van der Waals surface area contributed by atoms with Gasteiger partial charge in [0, 0.05) is 0 Å². The van der Waals surface area contributed by atoms with Crippen LogP contribution in [0.1, 0.15) is 11.1 Å². The van der Waals surface area contributed by atoms with Crippen molar-refractivity contribution in [2.24, 2.45) is 0 Å². The number of hydrogen-bond donors (Lipinski definition) is 0. The van der Waals surface area contributed by atoms with Gasteiger partial charge in [-0.2, -0.15) is 49.2 Å². The molecule has 0 aliphatic rings. The van der Waals surface area contributed by atoms with Crippen molar-refractivity contribution >= 4 is 46.1 Å². The molecule has 0 spiro atoms. The summed E-state index contributed by atoms with van der Waals surface area (Å²) in [6, 6.07) is 15.2. The molecule has 2 aromatic rings. The zero-order valence-corrected chi connectivity index (χ0v) is 27.6. The molecule has 0 aliphatic carbocycles. The molecule has 0 heterocycles. The van der Waals surface area contributed by atoms with Gasteiger partial charge in [0.2, 0.25) is 0 Å². The Balaban J connectivity index is -0.0000000180. The minimum atomic E-state index is 0. The van der Waals surface area contributed by atoms with E-state index >= 15 is 0 Å². The first-order valence-corrected chi connectivity index (χ1v) is 5.57. The number of benzene rings is 2. The van der Waals surface area contributed by atoms with Crippen molar-refractivity contribution in [2.45, 2.75) is 0 Å². The molecule has 144 valence electrons. The fourth-order valence-corrected chi connectivity index (χ4v) is 1.25. The second-order valence-corrected chi connectivity index (χ2v) is 3.70. The van der Waals surface area contributed by atoms with E-state index in [1.165, 1.54) is 0 Å². The molecular weight excluding hydrogens is 565 g/mol. The monoisotopic (exact) mass is 578 g/mol. The van der Waals surface area contributed by atoms with Crippen molar-refractivity contribution in [3.63, 3.8) is 0 Å². The van der Waals surface area contributed by atoms with Crippen LogP contribution in [0.25, 0.3) is 0 Å². The second-order valence-electron chi connectivity index (χ2n) is 3.70. The summed E-state index contributed by atoms with van der Waals surface area (Å²) in [5, 5.41) is 0. The van der Waals surface area contributed by atoms with E-state index in [0.29, 0.717) is 0 Å². The van der Waals surface area contributed by atoms with E-state index in [-0.39, 0.29) is 178 Å². The molecule has 0 aliphatic heterocycles. The third-order valence-corrected chi connectivity index (χ3v) is 2.32. The van der Waals surface area contributed by atoms with Gasteiger partial charge in [0.1, 0.15) is 0 Å². The third-order valence-electron chi connectivity index (χ3n) is 2.32. The molecule has 0 atom stereocenters. The van der Waals surface area contributed by atoms with Gasteiger partial charge in [-0.25, -0.2) is 0 Å². The van der Waals surface area contributed by atoms with Gasteiger partial charge in [-0.1, -0.05) is 24.3 Å². The molecule has 0 aromatic heterocycles. The first-order valence-electron chi connectivity index (χ1n) is 5.57. The van der Waals surface area contributed by atoms with E-state index in [1.54, 1.807) is 14.2 Å². The van der Waals surface area contributed by atoms with E-state index in [0.717, 1.165) is 22.6 Å². The number of methoxy groups -OCH3 is 2. The molecule has 0 unspecified atom stereocenters. The van der Waals surface area contributed by atoms with Crippen molar-refractivity contribution in [2.75, 3.05) is 14.2 Å². The van der Waals surface area contributed by atoms with Gasteiger partial charge >= 0.3 is 103 Å². The van der Waals surface area contributed by atoms with Crippen molar-refractivity contribution in [1.82, 2.24) is 0 Å². The van der Waals surface area contributed by atoms with Gasteiger partial charge < -0.3 is 83.9 Å². The number of hydrogen-bond acceptors (Lipinski definition) is 2. The maximum Gasteiger partial charge on any atom is 2.00 e. The molecule has 0 radical (unpaired) electrons. The Kier molecular flexibility index (Phi) is 107. The van der Waals surface area contributed by atoms with Crippen molar-refractivity contribution in [3.05, 3.63) is 73.5 Å². The molecule has 0 saturated heterocycles. The minimum Gasteiger partial charge on any atom is -1.00 e. The van der Waals surface area contributed by atoms with E-state index in [2.05, 4.69) is 13.8 Å². The van der Waals surface area contributed by atoms with Gasteiger partial charge in [-0.15, -0.1) is 0 Å². The minimum absolute atomic E-state index is 0. The molecule has 13 heteroatoms. The summed E-state index contributed by atoms with van der Waals surface area (Å²) in [7, 11) is 3.30. The Labute approximate surface area is 282 Å².